The third-order valence-electron chi connectivity index (χ3n) is 6.45. The molecule has 2 saturated heterocycles. The summed E-state index contributed by atoms with van der Waals surface area (Å²) < 4.78 is 10.7. The van der Waals surface area contributed by atoms with Gasteiger partial charge in [0.05, 0.1) is 17.5 Å². The molecule has 0 saturated carbocycles. The number of fused-ring (bicyclic) bond motifs is 2. The smallest absolute Gasteiger partial charge is 0.336 e. The van der Waals surface area contributed by atoms with Crippen molar-refractivity contribution in [3.05, 3.63) is 40.8 Å². The zero-order chi connectivity index (χ0) is 27.1. The van der Waals surface area contributed by atoms with E-state index in [9.17, 15) is 19.2 Å². The summed E-state index contributed by atoms with van der Waals surface area (Å²) in [6, 6.07) is 8.36. The molecule has 2 aromatic rings. The molecule has 3 heterocycles. The molecule has 0 aliphatic carbocycles. The average Bonchev–Trinajstić information content (AvgIpc) is 3.42. The van der Waals surface area contributed by atoms with Crippen molar-refractivity contribution in [3.8, 4) is 5.75 Å². The number of thioether (sulfide) groups is 1. The summed E-state index contributed by atoms with van der Waals surface area (Å²) in [6.45, 7) is 4.23. The Labute approximate surface area is 233 Å². The van der Waals surface area contributed by atoms with E-state index in [1.165, 1.54) is 6.07 Å². The summed E-state index contributed by atoms with van der Waals surface area (Å²) in [5, 5.41) is 10.1. The second-order valence-corrected chi connectivity index (χ2v) is 13.9. The molecule has 3 N–H and O–H groups in total. The summed E-state index contributed by atoms with van der Waals surface area (Å²) in [5.41, 5.74) is -0.806. The minimum Gasteiger partial charge on any atom is -0.426 e. The van der Waals surface area contributed by atoms with Crippen LogP contribution < -0.4 is 26.3 Å². The highest BCUT2D eigenvalue weighted by molar-refractivity contribution is 8.76. The zero-order valence-corrected chi connectivity index (χ0v) is 23.9. The second kappa shape index (κ2) is 13.2. The molecular formula is C26H33N3O6S3. The van der Waals surface area contributed by atoms with E-state index in [4.69, 9.17) is 9.15 Å². The summed E-state index contributed by atoms with van der Waals surface area (Å²) in [6.07, 6.45) is 3.31. The Morgan fingerprint density at radius 3 is 2.82 bits per heavy atom. The fourth-order valence-electron chi connectivity index (χ4n) is 4.25. The Balaban J connectivity index is 1.06. The first-order chi connectivity index (χ1) is 18.2. The highest BCUT2D eigenvalue weighted by Crippen LogP contribution is 2.33. The SMILES string of the molecule is CC(C)(CSSCCNC(=O)CCCC[C@H]1SC[C@H]2NC(=O)N[C@H]21)C(=O)Oc1ccc2ccc(=O)oc2c1. The molecule has 0 spiro atoms. The van der Waals surface area contributed by atoms with Crippen molar-refractivity contribution in [2.24, 2.45) is 5.41 Å². The van der Waals surface area contributed by atoms with Crippen LogP contribution in [0, 0.1) is 5.41 Å². The molecule has 2 aliphatic rings. The van der Waals surface area contributed by atoms with Gasteiger partial charge >= 0.3 is 17.6 Å². The molecule has 2 fully saturated rings. The van der Waals surface area contributed by atoms with E-state index in [2.05, 4.69) is 16.0 Å². The van der Waals surface area contributed by atoms with Gasteiger partial charge < -0.3 is 25.1 Å². The number of rotatable bonds is 13. The van der Waals surface area contributed by atoms with Gasteiger partial charge in [-0.3, -0.25) is 9.59 Å². The van der Waals surface area contributed by atoms with E-state index in [-0.39, 0.29) is 30.0 Å². The minimum absolute atomic E-state index is 0.0542. The zero-order valence-electron chi connectivity index (χ0n) is 21.4. The Morgan fingerprint density at radius 2 is 1.97 bits per heavy atom. The van der Waals surface area contributed by atoms with E-state index in [0.29, 0.717) is 35.3 Å². The van der Waals surface area contributed by atoms with Crippen LogP contribution in [-0.2, 0) is 9.59 Å². The molecule has 206 valence electrons. The van der Waals surface area contributed by atoms with E-state index in [1.807, 2.05) is 25.6 Å². The quantitative estimate of drug-likeness (QED) is 0.0807. The van der Waals surface area contributed by atoms with E-state index < -0.39 is 11.0 Å². The maximum absolute atomic E-state index is 12.7. The predicted octanol–water partition coefficient (Wildman–Crippen LogP) is 3.95. The van der Waals surface area contributed by atoms with Gasteiger partial charge in [0.2, 0.25) is 5.91 Å². The molecule has 3 amide bonds. The van der Waals surface area contributed by atoms with Crippen LogP contribution in [0.3, 0.4) is 0 Å². The number of hydrogen-bond acceptors (Lipinski definition) is 9. The van der Waals surface area contributed by atoms with Crippen LogP contribution in [0.4, 0.5) is 4.79 Å². The summed E-state index contributed by atoms with van der Waals surface area (Å²) >= 11 is 1.90. The standard InChI is InChI=1S/C26H33N3O6S3/c1-26(2,24(32)34-17-9-7-16-8-10-22(31)35-19(16)13-17)15-38-37-12-11-27-21(30)6-4-3-5-20-23-18(14-36-20)28-25(33)29-23/h7-10,13,18,20,23H,3-6,11-12,14-15H2,1-2H3,(H,27,30)(H2,28,29,33)/t18-,20-,23-/m1/s1. The molecule has 38 heavy (non-hydrogen) atoms. The molecule has 1 aromatic heterocycles. The van der Waals surface area contributed by atoms with Crippen molar-refractivity contribution in [1.29, 1.82) is 0 Å². The molecule has 2 aliphatic heterocycles. The monoisotopic (exact) mass is 579 g/mol. The van der Waals surface area contributed by atoms with Crippen LogP contribution in [-0.4, -0.2) is 59.0 Å². The van der Waals surface area contributed by atoms with Crippen molar-refractivity contribution in [2.75, 3.05) is 23.8 Å². The first kappa shape index (κ1) is 28.7. The molecule has 0 radical (unpaired) electrons. The fraction of sp³-hybridized carbons (Fsp3) is 0.538. The van der Waals surface area contributed by atoms with Gasteiger partial charge in [-0.15, -0.1) is 0 Å². The van der Waals surface area contributed by atoms with E-state index >= 15 is 0 Å². The number of ether oxygens (including phenoxy) is 1. The van der Waals surface area contributed by atoms with Gasteiger partial charge in [0.25, 0.3) is 0 Å². The molecule has 4 rings (SSSR count). The predicted molar refractivity (Wildman–Crippen MR) is 154 cm³/mol. The van der Waals surface area contributed by atoms with Gasteiger partial charge in [-0.05, 0) is 44.9 Å². The number of carbonyl (C=O) groups is 3. The van der Waals surface area contributed by atoms with Gasteiger partial charge in [-0.25, -0.2) is 9.59 Å². The van der Waals surface area contributed by atoms with Crippen LogP contribution in [0.5, 0.6) is 5.75 Å². The van der Waals surface area contributed by atoms with Crippen LogP contribution in [0.25, 0.3) is 11.0 Å². The van der Waals surface area contributed by atoms with Crippen molar-refractivity contribution in [3.63, 3.8) is 0 Å². The molecule has 3 atom stereocenters. The lowest BCUT2D eigenvalue weighted by molar-refractivity contribution is -0.142. The van der Waals surface area contributed by atoms with Crippen LogP contribution in [0.15, 0.2) is 39.5 Å². The van der Waals surface area contributed by atoms with Crippen LogP contribution >= 0.6 is 33.3 Å². The van der Waals surface area contributed by atoms with Crippen molar-refractivity contribution < 1.29 is 23.5 Å². The van der Waals surface area contributed by atoms with Gasteiger partial charge in [-0.2, -0.15) is 11.8 Å². The van der Waals surface area contributed by atoms with E-state index in [1.54, 1.807) is 45.9 Å². The Morgan fingerprint density at radius 1 is 1.16 bits per heavy atom. The lowest BCUT2D eigenvalue weighted by Crippen LogP contribution is -2.36. The third-order valence-corrected chi connectivity index (χ3v) is 10.7. The topological polar surface area (TPSA) is 127 Å². The Hall–Kier alpha value is -2.31. The summed E-state index contributed by atoms with van der Waals surface area (Å²) in [5.74, 6) is 2.25. The maximum atomic E-state index is 12.7. The van der Waals surface area contributed by atoms with Gasteiger partial charge in [0.1, 0.15) is 11.3 Å². The number of hydrogen-bond donors (Lipinski definition) is 3. The first-order valence-corrected chi connectivity index (χ1v) is 16.2. The van der Waals surface area contributed by atoms with Gasteiger partial charge in [0, 0.05) is 53.0 Å². The normalized spacial score (nSPS) is 20.6. The molecule has 1 aromatic carbocycles. The van der Waals surface area contributed by atoms with E-state index in [0.717, 1.165) is 36.2 Å². The molecule has 0 unspecified atom stereocenters. The van der Waals surface area contributed by atoms with Crippen molar-refractivity contribution >= 4 is 62.2 Å². The number of urea groups is 1. The molecule has 12 heteroatoms. The molecular weight excluding hydrogens is 547 g/mol. The number of amides is 3. The van der Waals surface area contributed by atoms with Crippen molar-refractivity contribution in [1.82, 2.24) is 16.0 Å². The molecule has 9 nitrogen and oxygen atoms in total. The number of benzene rings is 1. The Bertz CT molecular complexity index is 1220. The summed E-state index contributed by atoms with van der Waals surface area (Å²) in [4.78, 5) is 47.7. The average molecular weight is 580 g/mol. The summed E-state index contributed by atoms with van der Waals surface area (Å²) in [7, 11) is 3.17. The first-order valence-electron chi connectivity index (χ1n) is 12.7. The Kier molecular flexibility index (Phi) is 9.94. The number of nitrogens with one attached hydrogen (secondary N) is 3. The van der Waals surface area contributed by atoms with Gasteiger partial charge in [0.15, 0.2) is 0 Å². The number of carbonyl (C=O) groups excluding carboxylic acids is 3. The third kappa shape index (κ3) is 7.86. The largest absolute Gasteiger partial charge is 0.426 e. The molecule has 0 bridgehead atoms. The highest BCUT2D eigenvalue weighted by Gasteiger charge is 2.42. The highest BCUT2D eigenvalue weighted by atomic mass is 33.1. The number of unbranched alkanes of at least 4 members (excludes halogenated alkanes) is 1. The lowest BCUT2D eigenvalue weighted by Gasteiger charge is -2.21. The van der Waals surface area contributed by atoms with Crippen LogP contribution in [0.2, 0.25) is 0 Å². The van der Waals surface area contributed by atoms with Gasteiger partial charge in [-0.1, -0.05) is 28.0 Å². The second-order valence-electron chi connectivity index (χ2n) is 10.0. The number of esters is 1. The minimum atomic E-state index is -0.720. The fourth-order valence-corrected chi connectivity index (χ4v) is 8.33. The van der Waals surface area contributed by atoms with Crippen LogP contribution in [0.1, 0.15) is 39.5 Å². The lowest BCUT2D eigenvalue weighted by atomic mass is 9.97. The van der Waals surface area contributed by atoms with Crippen molar-refractivity contribution in [2.45, 2.75) is 56.9 Å². The maximum Gasteiger partial charge on any atom is 0.336 e.